The summed E-state index contributed by atoms with van der Waals surface area (Å²) in [6.45, 7) is 0.653. The molecule has 1 saturated carbocycles. The van der Waals surface area contributed by atoms with Crippen LogP contribution < -0.4 is 5.32 Å². The lowest BCUT2D eigenvalue weighted by atomic mass is 9.93. The lowest BCUT2D eigenvalue weighted by molar-refractivity contribution is -0.120. The predicted octanol–water partition coefficient (Wildman–Crippen LogP) is 2.48. The van der Waals surface area contributed by atoms with Gasteiger partial charge in [-0.1, -0.05) is 18.2 Å². The molecule has 2 aliphatic rings. The second kappa shape index (κ2) is 5.40. The summed E-state index contributed by atoms with van der Waals surface area (Å²) in [6.07, 6.45) is 12.0. The van der Waals surface area contributed by atoms with Gasteiger partial charge >= 0.3 is 0 Å². The normalized spacial score (nSPS) is 25.5. The molecule has 5 nitrogen and oxygen atoms in total. The van der Waals surface area contributed by atoms with Gasteiger partial charge in [0.25, 0.3) is 0 Å². The van der Waals surface area contributed by atoms with E-state index >= 15 is 0 Å². The van der Waals surface area contributed by atoms with Gasteiger partial charge in [0.05, 0.1) is 6.54 Å². The summed E-state index contributed by atoms with van der Waals surface area (Å²) in [7, 11) is 0. The molecule has 22 heavy (non-hydrogen) atoms. The van der Waals surface area contributed by atoms with Crippen LogP contribution in [0.4, 0.5) is 5.82 Å². The maximum Gasteiger partial charge on any atom is 0.229 e. The van der Waals surface area contributed by atoms with E-state index in [1.165, 1.54) is 0 Å². The first-order valence-corrected chi connectivity index (χ1v) is 7.69. The van der Waals surface area contributed by atoms with Crippen LogP contribution in [0.2, 0.25) is 0 Å². The Hall–Kier alpha value is -2.43. The van der Waals surface area contributed by atoms with Crippen molar-refractivity contribution in [2.24, 2.45) is 17.8 Å². The van der Waals surface area contributed by atoms with Crippen molar-refractivity contribution in [2.45, 2.75) is 19.4 Å². The fourth-order valence-electron chi connectivity index (χ4n) is 3.50. The number of aromatic nitrogens is 3. The number of rotatable bonds is 4. The van der Waals surface area contributed by atoms with Crippen LogP contribution in [-0.2, 0) is 11.3 Å². The number of carbonyl (C=O) groups is 1. The average molecular weight is 294 g/mol. The van der Waals surface area contributed by atoms with Crippen molar-refractivity contribution < 1.29 is 4.79 Å². The SMILES string of the molecule is O=C(Nc1ccn(Cc2cccnc2)n1)[C@H]1C[C@H]2C=C[C@H]1C2. The molecule has 112 valence electrons. The Balaban J connectivity index is 1.40. The number of fused-ring (bicyclic) bond motifs is 2. The lowest BCUT2D eigenvalue weighted by Gasteiger charge is -2.16. The number of carbonyl (C=O) groups excluding carboxylic acids is 1. The summed E-state index contributed by atoms with van der Waals surface area (Å²) in [5, 5.41) is 7.37. The zero-order chi connectivity index (χ0) is 14.9. The molecule has 3 atom stereocenters. The third-order valence-corrected chi connectivity index (χ3v) is 4.57. The highest BCUT2D eigenvalue weighted by Gasteiger charge is 2.39. The van der Waals surface area contributed by atoms with Gasteiger partial charge in [-0.05, 0) is 36.3 Å². The van der Waals surface area contributed by atoms with Gasteiger partial charge in [0.2, 0.25) is 5.91 Å². The Bertz CT molecular complexity index is 706. The molecule has 2 heterocycles. The molecule has 1 N–H and O–H groups in total. The number of pyridine rings is 1. The molecule has 2 aromatic rings. The monoisotopic (exact) mass is 294 g/mol. The van der Waals surface area contributed by atoms with Gasteiger partial charge < -0.3 is 5.32 Å². The summed E-state index contributed by atoms with van der Waals surface area (Å²) in [5.41, 5.74) is 1.08. The predicted molar refractivity (Wildman–Crippen MR) is 83.0 cm³/mol. The largest absolute Gasteiger partial charge is 0.309 e. The lowest BCUT2D eigenvalue weighted by Crippen LogP contribution is -2.26. The van der Waals surface area contributed by atoms with Crippen molar-refractivity contribution in [1.29, 1.82) is 0 Å². The maximum absolute atomic E-state index is 12.4. The van der Waals surface area contributed by atoms with Gasteiger partial charge in [0.15, 0.2) is 5.82 Å². The highest BCUT2D eigenvalue weighted by molar-refractivity contribution is 5.92. The molecule has 2 aliphatic carbocycles. The highest BCUT2D eigenvalue weighted by Crippen LogP contribution is 2.43. The second-order valence-electron chi connectivity index (χ2n) is 6.14. The molecule has 0 radical (unpaired) electrons. The van der Waals surface area contributed by atoms with E-state index in [-0.39, 0.29) is 11.8 Å². The smallest absolute Gasteiger partial charge is 0.229 e. The molecule has 2 bridgehead atoms. The third kappa shape index (κ3) is 2.54. The first-order chi connectivity index (χ1) is 10.8. The van der Waals surface area contributed by atoms with E-state index in [2.05, 4.69) is 27.6 Å². The number of hydrogen-bond donors (Lipinski definition) is 1. The fraction of sp³-hybridized carbons (Fsp3) is 0.353. The van der Waals surface area contributed by atoms with Crippen molar-refractivity contribution in [3.05, 3.63) is 54.5 Å². The molecule has 0 unspecified atom stereocenters. The van der Waals surface area contributed by atoms with Crippen LogP contribution in [0, 0.1) is 17.8 Å². The minimum atomic E-state index is 0.100. The molecular formula is C17H18N4O. The fourth-order valence-corrected chi connectivity index (χ4v) is 3.50. The van der Waals surface area contributed by atoms with E-state index < -0.39 is 0 Å². The molecule has 1 amide bonds. The van der Waals surface area contributed by atoms with E-state index in [1.54, 1.807) is 6.20 Å². The maximum atomic E-state index is 12.4. The Kier molecular flexibility index (Phi) is 3.25. The Morgan fingerprint density at radius 1 is 1.32 bits per heavy atom. The van der Waals surface area contributed by atoms with Crippen molar-refractivity contribution in [3.63, 3.8) is 0 Å². The standard InChI is InChI=1S/C17H18N4O/c22-17(15-9-12-3-4-14(15)8-12)19-16-5-7-21(20-16)11-13-2-1-6-18-10-13/h1-7,10,12,14-15H,8-9,11H2,(H,19,20,22)/t12-,14-,15-/m0/s1. The highest BCUT2D eigenvalue weighted by atomic mass is 16.2. The van der Waals surface area contributed by atoms with Crippen molar-refractivity contribution >= 4 is 11.7 Å². The van der Waals surface area contributed by atoms with E-state index in [0.717, 1.165) is 18.4 Å². The molecule has 2 aromatic heterocycles. The molecule has 0 saturated heterocycles. The van der Waals surface area contributed by atoms with Gasteiger partial charge in [-0.2, -0.15) is 5.10 Å². The summed E-state index contributed by atoms with van der Waals surface area (Å²) in [6, 6.07) is 5.76. The van der Waals surface area contributed by atoms with E-state index in [1.807, 2.05) is 35.3 Å². The van der Waals surface area contributed by atoms with E-state index in [4.69, 9.17) is 0 Å². The second-order valence-corrected chi connectivity index (χ2v) is 6.14. The van der Waals surface area contributed by atoms with Crippen LogP contribution in [0.1, 0.15) is 18.4 Å². The van der Waals surface area contributed by atoms with Crippen LogP contribution in [0.3, 0.4) is 0 Å². The van der Waals surface area contributed by atoms with E-state index in [0.29, 0.717) is 24.2 Å². The van der Waals surface area contributed by atoms with Crippen LogP contribution in [0.25, 0.3) is 0 Å². The summed E-state index contributed by atoms with van der Waals surface area (Å²) in [4.78, 5) is 16.5. The quantitative estimate of drug-likeness (QED) is 0.881. The number of hydrogen-bond acceptors (Lipinski definition) is 3. The zero-order valence-electron chi connectivity index (χ0n) is 12.2. The van der Waals surface area contributed by atoms with Gasteiger partial charge in [0.1, 0.15) is 0 Å². The summed E-state index contributed by atoms with van der Waals surface area (Å²) < 4.78 is 1.81. The van der Waals surface area contributed by atoms with Gasteiger partial charge in [-0.25, -0.2) is 0 Å². The Labute approximate surface area is 129 Å². The van der Waals surface area contributed by atoms with Crippen LogP contribution in [0.15, 0.2) is 48.9 Å². The van der Waals surface area contributed by atoms with Crippen molar-refractivity contribution in [3.8, 4) is 0 Å². The molecule has 0 aliphatic heterocycles. The third-order valence-electron chi connectivity index (χ3n) is 4.57. The number of anilines is 1. The van der Waals surface area contributed by atoms with Crippen LogP contribution >= 0.6 is 0 Å². The minimum absolute atomic E-state index is 0.100. The average Bonchev–Trinajstić information content (AvgIpc) is 3.25. The Morgan fingerprint density at radius 3 is 3.00 bits per heavy atom. The molecule has 1 fully saturated rings. The van der Waals surface area contributed by atoms with Crippen LogP contribution in [-0.4, -0.2) is 20.7 Å². The minimum Gasteiger partial charge on any atom is -0.309 e. The number of amides is 1. The first kappa shape index (κ1) is 13.2. The molecule has 4 rings (SSSR count). The number of allylic oxidation sites excluding steroid dienone is 2. The van der Waals surface area contributed by atoms with Gasteiger partial charge in [-0.15, -0.1) is 0 Å². The van der Waals surface area contributed by atoms with Gasteiger partial charge in [-0.3, -0.25) is 14.5 Å². The zero-order valence-corrected chi connectivity index (χ0v) is 12.2. The van der Waals surface area contributed by atoms with Crippen molar-refractivity contribution in [2.75, 3.05) is 5.32 Å². The van der Waals surface area contributed by atoms with E-state index in [9.17, 15) is 4.79 Å². The molecule has 0 spiro atoms. The molecular weight excluding hydrogens is 276 g/mol. The topological polar surface area (TPSA) is 59.8 Å². The summed E-state index contributed by atoms with van der Waals surface area (Å²) in [5.74, 6) is 1.86. The molecule has 5 heteroatoms. The van der Waals surface area contributed by atoms with Crippen LogP contribution in [0.5, 0.6) is 0 Å². The molecule has 0 aromatic carbocycles. The van der Waals surface area contributed by atoms with Crippen molar-refractivity contribution in [1.82, 2.24) is 14.8 Å². The van der Waals surface area contributed by atoms with Gasteiger partial charge in [0, 0.05) is 30.6 Å². The first-order valence-electron chi connectivity index (χ1n) is 7.69. The number of nitrogens with zero attached hydrogens (tertiary/aromatic N) is 3. The summed E-state index contributed by atoms with van der Waals surface area (Å²) >= 11 is 0. The Morgan fingerprint density at radius 2 is 2.27 bits per heavy atom. The number of nitrogens with one attached hydrogen (secondary N) is 1.